The Hall–Kier alpha value is -1.35. The van der Waals surface area contributed by atoms with Crippen molar-refractivity contribution < 1.29 is 0 Å². The summed E-state index contributed by atoms with van der Waals surface area (Å²) in [6.45, 7) is 0. The molecular weight excluding hydrogens is 216 g/mol. The van der Waals surface area contributed by atoms with E-state index >= 15 is 0 Å². The normalized spacial score (nSPS) is 15.2. The van der Waals surface area contributed by atoms with Gasteiger partial charge in [0, 0.05) is 23.1 Å². The van der Waals surface area contributed by atoms with Crippen LogP contribution in [0.25, 0.3) is 11.3 Å². The van der Waals surface area contributed by atoms with Crippen molar-refractivity contribution in [2.24, 2.45) is 5.92 Å². The number of nitrogens with two attached hydrogens (primary N) is 1. The minimum absolute atomic E-state index is 0.803. The van der Waals surface area contributed by atoms with E-state index in [1.165, 1.54) is 24.3 Å². The fourth-order valence-electron chi connectivity index (χ4n) is 1.76. The summed E-state index contributed by atoms with van der Waals surface area (Å²) in [6, 6.07) is 7.92. The second-order valence-electron chi connectivity index (χ2n) is 4.40. The lowest BCUT2D eigenvalue weighted by atomic mass is 10.1. The van der Waals surface area contributed by atoms with Crippen LogP contribution in [0.15, 0.2) is 29.6 Å². The number of anilines is 1. The van der Waals surface area contributed by atoms with Gasteiger partial charge < -0.3 is 5.73 Å². The Morgan fingerprint density at radius 2 is 2.00 bits per heavy atom. The molecule has 2 N–H and O–H groups in total. The molecule has 2 aromatic rings. The van der Waals surface area contributed by atoms with Crippen molar-refractivity contribution >= 4 is 17.0 Å². The van der Waals surface area contributed by atoms with E-state index in [0.717, 1.165) is 22.9 Å². The first-order chi connectivity index (χ1) is 7.81. The lowest BCUT2D eigenvalue weighted by molar-refractivity contribution is 0.825. The van der Waals surface area contributed by atoms with E-state index < -0.39 is 0 Å². The number of nitrogen functional groups attached to an aromatic ring is 1. The van der Waals surface area contributed by atoms with Crippen molar-refractivity contribution in [1.29, 1.82) is 0 Å². The predicted molar refractivity (Wildman–Crippen MR) is 68.4 cm³/mol. The molecule has 0 atom stereocenters. The number of benzene rings is 1. The van der Waals surface area contributed by atoms with Crippen molar-refractivity contribution in [3.05, 3.63) is 34.7 Å². The highest BCUT2D eigenvalue weighted by molar-refractivity contribution is 7.09. The molecule has 1 aliphatic rings. The van der Waals surface area contributed by atoms with Gasteiger partial charge in [0.15, 0.2) is 0 Å². The van der Waals surface area contributed by atoms with Gasteiger partial charge in [-0.3, -0.25) is 0 Å². The molecule has 0 aliphatic heterocycles. The summed E-state index contributed by atoms with van der Waals surface area (Å²) in [5, 5.41) is 3.41. The van der Waals surface area contributed by atoms with Crippen LogP contribution in [0.1, 0.15) is 17.8 Å². The molecule has 0 saturated heterocycles. The molecule has 2 nitrogen and oxygen atoms in total. The molecule has 82 valence electrons. The largest absolute Gasteiger partial charge is 0.399 e. The van der Waals surface area contributed by atoms with E-state index in [1.54, 1.807) is 11.3 Å². The third-order valence-corrected chi connectivity index (χ3v) is 3.79. The molecule has 3 rings (SSSR count). The molecule has 0 unspecified atom stereocenters. The maximum absolute atomic E-state index is 5.67. The van der Waals surface area contributed by atoms with Gasteiger partial charge in [-0.2, -0.15) is 0 Å². The van der Waals surface area contributed by atoms with E-state index in [2.05, 4.69) is 10.4 Å². The Morgan fingerprint density at radius 1 is 1.25 bits per heavy atom. The molecule has 0 amide bonds. The van der Waals surface area contributed by atoms with Crippen molar-refractivity contribution in [1.82, 2.24) is 4.98 Å². The summed E-state index contributed by atoms with van der Waals surface area (Å²) in [4.78, 5) is 4.67. The molecule has 3 heteroatoms. The maximum atomic E-state index is 5.67. The van der Waals surface area contributed by atoms with Gasteiger partial charge in [0.05, 0.1) is 10.7 Å². The molecule has 1 aromatic carbocycles. The number of rotatable bonds is 3. The van der Waals surface area contributed by atoms with E-state index in [4.69, 9.17) is 5.73 Å². The fraction of sp³-hybridized carbons (Fsp3) is 0.308. The van der Waals surface area contributed by atoms with E-state index in [-0.39, 0.29) is 0 Å². The lowest BCUT2D eigenvalue weighted by Crippen LogP contribution is -1.87. The van der Waals surface area contributed by atoms with Gasteiger partial charge in [-0.1, -0.05) is 12.1 Å². The molecule has 1 aromatic heterocycles. The number of hydrogen-bond acceptors (Lipinski definition) is 3. The highest BCUT2D eigenvalue weighted by atomic mass is 32.1. The van der Waals surface area contributed by atoms with Gasteiger partial charge in [-0.15, -0.1) is 11.3 Å². The average molecular weight is 230 g/mol. The Labute approximate surface area is 99.1 Å². The Morgan fingerprint density at radius 3 is 2.69 bits per heavy atom. The van der Waals surface area contributed by atoms with Gasteiger partial charge in [0.1, 0.15) is 0 Å². The highest BCUT2D eigenvalue weighted by Crippen LogP contribution is 2.34. The summed E-state index contributed by atoms with van der Waals surface area (Å²) in [7, 11) is 0. The SMILES string of the molecule is Nc1ccc(-c2csc(CC3CC3)n2)cc1. The molecule has 0 spiro atoms. The fourth-order valence-corrected chi connectivity index (χ4v) is 2.68. The van der Waals surface area contributed by atoms with Crippen LogP contribution in [0.3, 0.4) is 0 Å². The zero-order valence-electron chi connectivity index (χ0n) is 9.02. The smallest absolute Gasteiger partial charge is 0.0935 e. The van der Waals surface area contributed by atoms with E-state index in [1.807, 2.05) is 24.3 Å². The molecule has 16 heavy (non-hydrogen) atoms. The summed E-state index contributed by atoms with van der Waals surface area (Å²) in [5.41, 5.74) is 8.71. The van der Waals surface area contributed by atoms with Crippen LogP contribution in [-0.4, -0.2) is 4.98 Å². The zero-order chi connectivity index (χ0) is 11.0. The minimum Gasteiger partial charge on any atom is -0.399 e. The Bertz CT molecular complexity index is 483. The van der Waals surface area contributed by atoms with E-state index in [0.29, 0.717) is 0 Å². The maximum Gasteiger partial charge on any atom is 0.0935 e. The minimum atomic E-state index is 0.803. The first kappa shape index (κ1) is 9.85. The monoisotopic (exact) mass is 230 g/mol. The number of thiazole rings is 1. The van der Waals surface area contributed by atoms with Gasteiger partial charge in [-0.05, 0) is 30.9 Å². The third-order valence-electron chi connectivity index (χ3n) is 2.92. The van der Waals surface area contributed by atoms with Crippen molar-refractivity contribution in [3.63, 3.8) is 0 Å². The van der Waals surface area contributed by atoms with Crippen LogP contribution >= 0.6 is 11.3 Å². The van der Waals surface area contributed by atoms with Crippen molar-refractivity contribution in [3.8, 4) is 11.3 Å². The number of hydrogen-bond donors (Lipinski definition) is 1. The van der Waals surface area contributed by atoms with Crippen LogP contribution in [0.2, 0.25) is 0 Å². The Kier molecular flexibility index (Phi) is 2.40. The molecule has 0 radical (unpaired) electrons. The van der Waals surface area contributed by atoms with Gasteiger partial charge >= 0.3 is 0 Å². The lowest BCUT2D eigenvalue weighted by Gasteiger charge is -1.97. The molecular formula is C13H14N2S. The number of aromatic nitrogens is 1. The molecule has 1 fully saturated rings. The van der Waals surface area contributed by atoms with Crippen molar-refractivity contribution in [2.75, 3.05) is 5.73 Å². The van der Waals surface area contributed by atoms with Crippen LogP contribution in [0.4, 0.5) is 5.69 Å². The second-order valence-corrected chi connectivity index (χ2v) is 5.34. The number of nitrogens with zero attached hydrogens (tertiary/aromatic N) is 1. The molecule has 0 bridgehead atoms. The van der Waals surface area contributed by atoms with Crippen molar-refractivity contribution in [2.45, 2.75) is 19.3 Å². The molecule has 1 aliphatic carbocycles. The van der Waals surface area contributed by atoms with Gasteiger partial charge in [0.25, 0.3) is 0 Å². The summed E-state index contributed by atoms with van der Waals surface area (Å²) >= 11 is 1.77. The first-order valence-corrected chi connectivity index (χ1v) is 6.49. The molecule has 1 saturated carbocycles. The van der Waals surface area contributed by atoms with Crippen LogP contribution in [0.5, 0.6) is 0 Å². The molecule has 1 heterocycles. The quantitative estimate of drug-likeness (QED) is 0.821. The Balaban J connectivity index is 1.82. The summed E-state index contributed by atoms with van der Waals surface area (Å²) in [5.74, 6) is 0.908. The highest BCUT2D eigenvalue weighted by Gasteiger charge is 2.22. The first-order valence-electron chi connectivity index (χ1n) is 5.61. The van der Waals surface area contributed by atoms with Crippen LogP contribution < -0.4 is 5.73 Å². The third kappa shape index (κ3) is 2.09. The van der Waals surface area contributed by atoms with E-state index in [9.17, 15) is 0 Å². The van der Waals surface area contributed by atoms with Gasteiger partial charge in [-0.25, -0.2) is 4.98 Å². The second kappa shape index (κ2) is 3.91. The average Bonchev–Trinajstić information content (AvgIpc) is 2.97. The topological polar surface area (TPSA) is 38.9 Å². The zero-order valence-corrected chi connectivity index (χ0v) is 9.83. The summed E-state index contributed by atoms with van der Waals surface area (Å²) in [6.07, 6.45) is 3.94. The van der Waals surface area contributed by atoms with Gasteiger partial charge in [0.2, 0.25) is 0 Å². The summed E-state index contributed by atoms with van der Waals surface area (Å²) < 4.78 is 0. The predicted octanol–water partition coefficient (Wildman–Crippen LogP) is 3.34. The standard InChI is InChI=1S/C13H14N2S/c14-11-5-3-10(4-6-11)12-8-16-13(15-12)7-9-1-2-9/h3-6,8-9H,1-2,7,14H2. The van der Waals surface area contributed by atoms with Crippen LogP contribution in [0, 0.1) is 5.92 Å². The van der Waals surface area contributed by atoms with Crippen LogP contribution in [-0.2, 0) is 6.42 Å².